The van der Waals surface area contributed by atoms with Crippen molar-refractivity contribution in [1.82, 2.24) is 0 Å². The second kappa shape index (κ2) is 11.2. The van der Waals surface area contributed by atoms with Gasteiger partial charge in [0.25, 0.3) is 0 Å². The molecule has 0 amide bonds. The summed E-state index contributed by atoms with van der Waals surface area (Å²) in [6.07, 6.45) is 4.98. The fourth-order valence-corrected chi connectivity index (χ4v) is 6.34. The smallest absolute Gasteiger partial charge is 0.346 e. The quantitative estimate of drug-likeness (QED) is 0.144. The molecule has 46 heavy (non-hydrogen) atoms. The third-order valence-electron chi connectivity index (χ3n) is 8.70. The Morgan fingerprint density at radius 3 is 1.30 bits per heavy atom. The molecule has 10 nitrogen and oxygen atoms in total. The van der Waals surface area contributed by atoms with Crippen molar-refractivity contribution in [3.8, 4) is 11.5 Å². The second-order valence-electron chi connectivity index (χ2n) is 11.3. The van der Waals surface area contributed by atoms with Gasteiger partial charge in [-0.25, -0.2) is 28.8 Å². The molecule has 1 fully saturated rings. The Balaban J connectivity index is 1.07. The van der Waals surface area contributed by atoms with Crippen molar-refractivity contribution in [2.75, 3.05) is 0 Å². The van der Waals surface area contributed by atoms with Gasteiger partial charge in [-0.15, -0.1) is 0 Å². The van der Waals surface area contributed by atoms with Crippen LogP contribution in [0.15, 0.2) is 84.9 Å². The third kappa shape index (κ3) is 5.03. The first-order valence-electron chi connectivity index (χ1n) is 14.7. The standard InChI is InChI=1S/C36H24O10/c37-30(20-4-14-26-28(18-20)34(41)45-32(26)39)43-24-10-6-22(7-11-24)36(16-2-1-3-17-36)23-8-12-25(13-9-23)44-31(38)21-5-15-27-29(19-21)35(42)46-33(27)40/h4-15,18-19H,1-3,16-17H2. The number of ether oxygens (including phenoxy) is 4. The lowest BCUT2D eigenvalue weighted by molar-refractivity contribution is 0.0425. The van der Waals surface area contributed by atoms with Gasteiger partial charge in [-0.3, -0.25) is 0 Å². The van der Waals surface area contributed by atoms with E-state index in [4.69, 9.17) is 9.47 Å². The van der Waals surface area contributed by atoms with Crippen LogP contribution in [-0.2, 0) is 14.9 Å². The summed E-state index contributed by atoms with van der Waals surface area (Å²) >= 11 is 0. The zero-order chi connectivity index (χ0) is 32.0. The molecule has 1 aliphatic carbocycles. The van der Waals surface area contributed by atoms with E-state index in [1.807, 2.05) is 24.3 Å². The Bertz CT molecular complexity index is 1830. The van der Waals surface area contributed by atoms with Crippen LogP contribution in [-0.4, -0.2) is 35.8 Å². The van der Waals surface area contributed by atoms with E-state index in [0.29, 0.717) is 11.5 Å². The van der Waals surface area contributed by atoms with Gasteiger partial charge in [-0.1, -0.05) is 43.5 Å². The van der Waals surface area contributed by atoms with Gasteiger partial charge in [0.1, 0.15) is 11.5 Å². The van der Waals surface area contributed by atoms with Gasteiger partial charge in [0, 0.05) is 5.41 Å². The number of hydrogen-bond donors (Lipinski definition) is 0. The Kier molecular flexibility index (Phi) is 7.04. The number of cyclic esters (lactones) is 4. The summed E-state index contributed by atoms with van der Waals surface area (Å²) in [5.41, 5.74) is 2.32. The maximum Gasteiger partial charge on any atom is 0.346 e. The number of rotatable bonds is 6. The average molecular weight is 617 g/mol. The average Bonchev–Trinajstić information content (AvgIpc) is 3.53. The summed E-state index contributed by atoms with van der Waals surface area (Å²) in [6.45, 7) is 0. The molecular weight excluding hydrogens is 592 g/mol. The first-order valence-corrected chi connectivity index (χ1v) is 14.7. The first kappa shape index (κ1) is 28.8. The summed E-state index contributed by atoms with van der Waals surface area (Å²) in [5.74, 6) is -3.78. The summed E-state index contributed by atoms with van der Waals surface area (Å²) in [7, 11) is 0. The topological polar surface area (TPSA) is 139 Å². The fourth-order valence-electron chi connectivity index (χ4n) is 6.34. The van der Waals surface area contributed by atoms with E-state index in [9.17, 15) is 28.8 Å². The molecule has 0 spiro atoms. The molecule has 2 aliphatic heterocycles. The molecule has 0 bridgehead atoms. The van der Waals surface area contributed by atoms with Crippen molar-refractivity contribution < 1.29 is 47.7 Å². The number of esters is 6. The van der Waals surface area contributed by atoms with E-state index in [-0.39, 0.29) is 38.8 Å². The van der Waals surface area contributed by atoms with Crippen molar-refractivity contribution in [1.29, 1.82) is 0 Å². The van der Waals surface area contributed by atoms with Gasteiger partial charge < -0.3 is 18.9 Å². The first-order chi connectivity index (χ1) is 22.2. The molecule has 3 aliphatic rings. The molecular formula is C36H24O10. The second-order valence-corrected chi connectivity index (χ2v) is 11.3. The van der Waals surface area contributed by atoms with Crippen LogP contribution in [0.25, 0.3) is 0 Å². The molecule has 0 unspecified atom stereocenters. The van der Waals surface area contributed by atoms with Crippen LogP contribution in [0.2, 0.25) is 0 Å². The van der Waals surface area contributed by atoms with Gasteiger partial charge >= 0.3 is 35.8 Å². The lowest BCUT2D eigenvalue weighted by Crippen LogP contribution is -2.30. The van der Waals surface area contributed by atoms with Crippen molar-refractivity contribution in [3.63, 3.8) is 0 Å². The number of hydrogen-bond acceptors (Lipinski definition) is 10. The molecule has 1 saturated carbocycles. The highest BCUT2D eigenvalue weighted by Gasteiger charge is 2.36. The molecule has 10 heteroatoms. The van der Waals surface area contributed by atoms with Crippen LogP contribution >= 0.6 is 0 Å². The molecule has 2 heterocycles. The van der Waals surface area contributed by atoms with Crippen LogP contribution in [0.5, 0.6) is 11.5 Å². The van der Waals surface area contributed by atoms with Gasteiger partial charge in [-0.2, -0.15) is 0 Å². The van der Waals surface area contributed by atoms with Crippen LogP contribution in [0.3, 0.4) is 0 Å². The fraction of sp³-hybridized carbons (Fsp3) is 0.167. The summed E-state index contributed by atoms with van der Waals surface area (Å²) in [5, 5.41) is 0. The Morgan fingerprint density at radius 1 is 0.500 bits per heavy atom. The predicted octanol–water partition coefficient (Wildman–Crippen LogP) is 6.00. The maximum absolute atomic E-state index is 12.8. The number of fused-ring (bicyclic) bond motifs is 2. The summed E-state index contributed by atoms with van der Waals surface area (Å²) in [4.78, 5) is 72.8. The highest BCUT2D eigenvalue weighted by atomic mass is 16.6. The summed E-state index contributed by atoms with van der Waals surface area (Å²) in [6, 6.07) is 22.8. The van der Waals surface area contributed by atoms with Crippen molar-refractivity contribution in [2.24, 2.45) is 0 Å². The highest BCUT2D eigenvalue weighted by Crippen LogP contribution is 2.45. The monoisotopic (exact) mass is 616 g/mol. The van der Waals surface area contributed by atoms with E-state index in [1.165, 1.54) is 36.4 Å². The van der Waals surface area contributed by atoms with Gasteiger partial charge in [0.05, 0.1) is 33.4 Å². The molecule has 0 atom stereocenters. The van der Waals surface area contributed by atoms with E-state index in [1.54, 1.807) is 24.3 Å². The molecule has 0 N–H and O–H groups in total. The third-order valence-corrected chi connectivity index (χ3v) is 8.70. The molecule has 4 aromatic carbocycles. The van der Waals surface area contributed by atoms with Crippen LogP contribution in [0.4, 0.5) is 0 Å². The summed E-state index contributed by atoms with van der Waals surface area (Å²) < 4.78 is 20.3. The van der Waals surface area contributed by atoms with Gasteiger partial charge in [0.15, 0.2) is 0 Å². The van der Waals surface area contributed by atoms with Crippen LogP contribution in [0, 0.1) is 0 Å². The van der Waals surface area contributed by atoms with Crippen molar-refractivity contribution >= 4 is 35.8 Å². The van der Waals surface area contributed by atoms with Gasteiger partial charge in [-0.05, 0) is 84.6 Å². The van der Waals surface area contributed by atoms with E-state index in [2.05, 4.69) is 9.47 Å². The lowest BCUT2D eigenvalue weighted by Gasteiger charge is -2.38. The van der Waals surface area contributed by atoms with Gasteiger partial charge in [0.2, 0.25) is 0 Å². The van der Waals surface area contributed by atoms with E-state index < -0.39 is 35.8 Å². The Labute approximate surface area is 261 Å². The van der Waals surface area contributed by atoms with E-state index >= 15 is 0 Å². The molecule has 0 saturated heterocycles. The predicted molar refractivity (Wildman–Crippen MR) is 159 cm³/mol. The normalized spacial score (nSPS) is 16.3. The SMILES string of the molecule is O=C(Oc1ccc(C2(c3ccc(OC(=O)c4ccc5c(c4)C(=O)OC5=O)cc3)CCCCC2)cc1)c1ccc2c(c1)C(=O)OC2=O. The van der Waals surface area contributed by atoms with Crippen molar-refractivity contribution in [2.45, 2.75) is 37.5 Å². The number of carbonyl (C=O) groups excluding carboxylic acids is 6. The molecule has 228 valence electrons. The minimum Gasteiger partial charge on any atom is -0.423 e. The maximum atomic E-state index is 12.8. The minimum absolute atomic E-state index is 0.0299. The van der Waals surface area contributed by atoms with Crippen molar-refractivity contribution in [3.05, 3.63) is 129 Å². The van der Waals surface area contributed by atoms with Crippen LogP contribution in [0.1, 0.15) is 105 Å². The largest absolute Gasteiger partial charge is 0.423 e. The number of carbonyl (C=O) groups is 6. The zero-order valence-electron chi connectivity index (χ0n) is 24.2. The molecule has 4 aromatic rings. The number of benzene rings is 4. The Hall–Kier alpha value is -5.90. The zero-order valence-corrected chi connectivity index (χ0v) is 24.2. The Morgan fingerprint density at radius 2 is 0.891 bits per heavy atom. The minimum atomic E-state index is -0.797. The van der Waals surface area contributed by atoms with E-state index in [0.717, 1.165) is 43.2 Å². The molecule has 7 rings (SSSR count). The molecule has 0 aromatic heterocycles. The highest BCUT2D eigenvalue weighted by molar-refractivity contribution is 6.16. The van der Waals surface area contributed by atoms with Crippen LogP contribution < -0.4 is 9.47 Å². The molecule has 0 radical (unpaired) electrons. The lowest BCUT2D eigenvalue weighted by atomic mass is 9.65.